The number of nitro benzene ring substituents is 2. The number of aliphatic hydroxyl groups excluding tert-OH is 1. The zero-order valence-corrected chi connectivity index (χ0v) is 39.4. The predicted molar refractivity (Wildman–Crippen MR) is 252 cm³/mol. The van der Waals surface area contributed by atoms with E-state index in [2.05, 4.69) is 10.6 Å². The lowest BCUT2D eigenvalue weighted by molar-refractivity contribution is -0.438. The van der Waals surface area contributed by atoms with Gasteiger partial charge in [0.15, 0.2) is 17.2 Å². The number of halogens is 1. The third-order valence-electron chi connectivity index (χ3n) is 12.0. The molecule has 0 spiro atoms. The first-order valence-electron chi connectivity index (χ1n) is 22.4. The second-order valence-electron chi connectivity index (χ2n) is 16.8. The minimum absolute atomic E-state index is 0.0323. The van der Waals surface area contributed by atoms with Crippen molar-refractivity contribution in [3.05, 3.63) is 139 Å². The van der Waals surface area contributed by atoms with E-state index in [9.17, 15) is 48.9 Å². The molecule has 4 aromatic carbocycles. The lowest BCUT2D eigenvalue weighted by Crippen LogP contribution is -2.47. The van der Waals surface area contributed by atoms with Crippen LogP contribution in [0, 0.1) is 26.0 Å². The normalized spacial score (nSPS) is 15.1. The number of hydrogen-bond donors (Lipinski definition) is 3. The summed E-state index contributed by atoms with van der Waals surface area (Å²) in [4.78, 5) is 73.6. The van der Waals surface area contributed by atoms with Crippen molar-refractivity contribution in [1.29, 1.82) is 0 Å². The molecule has 0 saturated carbocycles. The minimum atomic E-state index is -1.22. The van der Waals surface area contributed by atoms with Crippen molar-refractivity contribution in [3.8, 4) is 23.0 Å². The second-order valence-corrected chi connectivity index (χ2v) is 16.8. The number of allylic oxidation sites excluding steroid dienone is 3. The summed E-state index contributed by atoms with van der Waals surface area (Å²) in [6.45, 7) is 7.29. The number of benzene rings is 4. The van der Waals surface area contributed by atoms with Gasteiger partial charge in [-0.1, -0.05) is 19.1 Å². The van der Waals surface area contributed by atoms with Crippen LogP contribution in [-0.2, 0) is 24.5 Å². The Bertz CT molecular complexity index is 2790. The van der Waals surface area contributed by atoms with Crippen molar-refractivity contribution in [2.75, 3.05) is 33.9 Å². The van der Waals surface area contributed by atoms with Crippen LogP contribution in [0.15, 0.2) is 96.3 Å². The molecule has 0 aromatic heterocycles. The third-order valence-corrected chi connectivity index (χ3v) is 12.0. The highest BCUT2D eigenvalue weighted by molar-refractivity contribution is 6.40. The van der Waals surface area contributed by atoms with Gasteiger partial charge in [-0.3, -0.25) is 34.6 Å². The molecule has 0 radical (unpaired) electrons. The fraction of sp³-hybridized carbons (Fsp3) is 0.340. The lowest BCUT2D eigenvalue weighted by atomic mass is 9.77. The van der Waals surface area contributed by atoms with Crippen LogP contribution < -0.4 is 29.6 Å². The number of carbonyl (C=O) groups excluding carboxylic acids is 4. The van der Waals surface area contributed by atoms with Gasteiger partial charge < -0.3 is 39.4 Å². The molecule has 70 heavy (non-hydrogen) atoms. The summed E-state index contributed by atoms with van der Waals surface area (Å²) >= 11 is 0. The van der Waals surface area contributed by atoms with Crippen LogP contribution in [0.25, 0.3) is 5.57 Å². The maximum atomic E-state index is 14.6. The van der Waals surface area contributed by atoms with Gasteiger partial charge in [0.2, 0.25) is 23.3 Å². The molecule has 2 atom stereocenters. The summed E-state index contributed by atoms with van der Waals surface area (Å²) in [7, 11) is 2.84. The van der Waals surface area contributed by atoms with Crippen LogP contribution in [0.3, 0.4) is 0 Å². The molecule has 3 N–H and O–H groups in total. The van der Waals surface area contributed by atoms with Gasteiger partial charge >= 0.3 is 6.16 Å². The maximum Gasteiger partial charge on any atom is 0.514 e. The van der Waals surface area contributed by atoms with E-state index < -0.39 is 51.0 Å². The Morgan fingerprint density at radius 1 is 0.900 bits per heavy atom. The van der Waals surface area contributed by atoms with E-state index in [-0.39, 0.29) is 83.1 Å². The number of carbonyl (C=O) groups is 4. The fourth-order valence-corrected chi connectivity index (χ4v) is 8.16. The van der Waals surface area contributed by atoms with Crippen molar-refractivity contribution >= 4 is 52.1 Å². The number of hydrogen-bond acceptors (Lipinski definition) is 14. The van der Waals surface area contributed by atoms with Gasteiger partial charge in [0.05, 0.1) is 58.8 Å². The Labute approximate surface area is 401 Å². The molecule has 368 valence electrons. The number of nitro groups is 2. The van der Waals surface area contributed by atoms with E-state index in [4.69, 9.17) is 23.7 Å². The minimum Gasteiger partial charge on any atom is -0.506 e. The quantitative estimate of drug-likeness (QED) is 0.0127. The number of Topliss-reactive ketones (excluding diaryl/α,β-unsaturated/α-hetero) is 1. The fourth-order valence-electron chi connectivity index (χ4n) is 8.16. The van der Waals surface area contributed by atoms with Crippen molar-refractivity contribution < 1.29 is 66.8 Å². The number of ether oxygens (including phenoxy) is 5. The van der Waals surface area contributed by atoms with Gasteiger partial charge in [-0.2, -0.15) is 4.58 Å². The van der Waals surface area contributed by atoms with E-state index in [1.165, 1.54) is 51.5 Å². The number of methoxy groups -OCH3 is 2. The number of amides is 2. The Balaban J connectivity index is 0.990. The van der Waals surface area contributed by atoms with Crippen LogP contribution in [0.5, 0.6) is 23.0 Å². The summed E-state index contributed by atoms with van der Waals surface area (Å²) < 4.78 is 43.2. The van der Waals surface area contributed by atoms with E-state index in [1.54, 1.807) is 43.3 Å². The molecule has 0 fully saturated rings. The molecule has 20 heteroatoms. The smallest absolute Gasteiger partial charge is 0.506 e. The van der Waals surface area contributed by atoms with E-state index in [0.717, 1.165) is 35.2 Å². The maximum absolute atomic E-state index is 14.6. The Morgan fingerprint density at radius 2 is 1.60 bits per heavy atom. The molecule has 1 aliphatic carbocycles. The van der Waals surface area contributed by atoms with Gasteiger partial charge in [0.1, 0.15) is 48.4 Å². The standard InChI is InChI=1S/C50H52FN5O14/c1-7-38(48(60)52-22-24-68-42-28-40(56(64)65)35(26-41(42)67-6)29(2)69-49(61)70-34-19-15-32(16-20-34)55(62)63)53-44(57)11-9-8-10-23-54-39-21-14-31(51)25-37(39)50(3,4)43(54)27-36-46(58)45(47(36)59)30-12-17-33(66-5)18-13-30/h12-21,25-29,38H,7-11,22-24H2,1-6H3,(H2-,52,53,57,58,59,60)/p+1. The zero-order chi connectivity index (χ0) is 50.9. The molecule has 6 rings (SSSR count). The SMILES string of the molecule is CCC(NC(=O)CCCCC[N+]1=C(/C=C2\C(=O)C(c3ccc(OC)cc3)=C2O)C(C)(C)c2cc(F)ccc21)C(=O)NCCOc1cc([N+](=O)[O-])c(C(C)OC(=O)Oc2ccc([N+](=O)[O-])cc2)cc1OC. The number of nitrogens with one attached hydrogen (secondary N) is 2. The number of rotatable bonds is 22. The van der Waals surface area contributed by atoms with Gasteiger partial charge in [0, 0.05) is 42.7 Å². The van der Waals surface area contributed by atoms with Crippen molar-refractivity contribution in [2.24, 2.45) is 0 Å². The summed E-state index contributed by atoms with van der Waals surface area (Å²) in [6, 6.07) is 17.5. The average molecular weight is 967 g/mol. The predicted octanol–water partition coefficient (Wildman–Crippen LogP) is 8.44. The molecule has 4 aromatic rings. The molecule has 0 bridgehead atoms. The Hall–Kier alpha value is -8.16. The lowest BCUT2D eigenvalue weighted by Gasteiger charge is -2.23. The topological polar surface area (TPSA) is 248 Å². The first-order chi connectivity index (χ1) is 33.4. The number of non-ortho nitro benzene ring substituents is 1. The van der Waals surface area contributed by atoms with Crippen molar-refractivity contribution in [2.45, 2.75) is 77.4 Å². The third kappa shape index (κ3) is 11.6. The molecular formula is C50H53FN5O14+. The molecule has 2 aliphatic rings. The number of unbranched alkanes of at least 4 members (excludes halogenated alkanes) is 2. The average Bonchev–Trinajstić information content (AvgIpc) is 3.54. The number of nitrogens with zero attached hydrogens (tertiary/aromatic N) is 3. The van der Waals surface area contributed by atoms with Crippen LogP contribution in [-0.4, -0.2) is 89.0 Å². The number of aliphatic hydroxyl groups is 1. The Kier molecular flexibility index (Phi) is 16.3. The van der Waals surface area contributed by atoms with Crippen LogP contribution in [0.2, 0.25) is 0 Å². The Morgan fingerprint density at radius 3 is 2.23 bits per heavy atom. The summed E-state index contributed by atoms with van der Waals surface area (Å²) in [5.74, 6) is -1.03. The van der Waals surface area contributed by atoms with Gasteiger partial charge in [-0.25, -0.2) is 9.18 Å². The van der Waals surface area contributed by atoms with Gasteiger partial charge in [-0.05, 0) is 88.1 Å². The summed E-state index contributed by atoms with van der Waals surface area (Å²) in [5.41, 5.74) is 1.72. The van der Waals surface area contributed by atoms with Gasteiger partial charge in [0.25, 0.3) is 11.4 Å². The van der Waals surface area contributed by atoms with Crippen LogP contribution in [0.1, 0.15) is 82.6 Å². The number of fused-ring (bicyclic) bond motifs is 1. The monoisotopic (exact) mass is 966 g/mol. The largest absolute Gasteiger partial charge is 0.514 e. The first-order valence-corrected chi connectivity index (χ1v) is 22.4. The molecule has 19 nitrogen and oxygen atoms in total. The van der Waals surface area contributed by atoms with E-state index in [0.29, 0.717) is 37.1 Å². The van der Waals surface area contributed by atoms with E-state index >= 15 is 0 Å². The molecular weight excluding hydrogens is 914 g/mol. The molecule has 1 heterocycles. The molecule has 2 amide bonds. The summed E-state index contributed by atoms with van der Waals surface area (Å²) in [6.07, 6.45) is 1.43. The highest BCUT2D eigenvalue weighted by Gasteiger charge is 2.47. The molecule has 0 saturated heterocycles. The van der Waals surface area contributed by atoms with Gasteiger partial charge in [-0.15, -0.1) is 0 Å². The van der Waals surface area contributed by atoms with Crippen molar-refractivity contribution in [3.63, 3.8) is 0 Å². The van der Waals surface area contributed by atoms with Crippen LogP contribution in [0.4, 0.5) is 26.2 Å². The summed E-state index contributed by atoms with van der Waals surface area (Å²) in [5, 5.41) is 39.5. The van der Waals surface area contributed by atoms with Crippen molar-refractivity contribution in [1.82, 2.24) is 10.6 Å². The highest BCUT2D eigenvalue weighted by Crippen LogP contribution is 2.44. The molecule has 2 unspecified atom stereocenters. The highest BCUT2D eigenvalue weighted by atomic mass is 19.1. The van der Waals surface area contributed by atoms with Crippen LogP contribution >= 0.6 is 0 Å². The zero-order valence-electron chi connectivity index (χ0n) is 39.4. The first kappa shape index (κ1) is 51.2. The molecule has 1 aliphatic heterocycles. The number of ketones is 1. The van der Waals surface area contributed by atoms with E-state index in [1.807, 2.05) is 18.4 Å². The second kappa shape index (κ2) is 22.3.